The van der Waals surface area contributed by atoms with Crippen LogP contribution in [0.15, 0.2) is 120 Å². The second-order valence-corrected chi connectivity index (χ2v) is 10.2. The summed E-state index contributed by atoms with van der Waals surface area (Å²) in [5.74, 6) is 1.27. The largest absolute Gasteiger partial charge is 0.295 e. The highest BCUT2D eigenvalue weighted by Gasteiger charge is 2.54. The van der Waals surface area contributed by atoms with Crippen LogP contribution in [0.4, 0.5) is 0 Å². The maximum atomic E-state index is 9.12. The first-order valence-electron chi connectivity index (χ1n) is 13.3. The topological polar surface area (TPSA) is 54.0 Å². The van der Waals surface area contributed by atoms with Gasteiger partial charge in [0.1, 0.15) is 11.2 Å². The Bertz CT molecular complexity index is 1920. The van der Waals surface area contributed by atoms with Gasteiger partial charge in [0.15, 0.2) is 5.84 Å². The van der Waals surface area contributed by atoms with Crippen molar-refractivity contribution in [1.82, 2.24) is 9.55 Å². The monoisotopic (exact) mass is 504 g/mol. The number of amidine groups is 1. The van der Waals surface area contributed by atoms with Crippen molar-refractivity contribution in [1.29, 1.82) is 5.41 Å². The van der Waals surface area contributed by atoms with E-state index in [1.807, 2.05) is 51.1 Å². The zero-order valence-electron chi connectivity index (χ0n) is 22.2. The Morgan fingerprint density at radius 3 is 2.41 bits per heavy atom. The summed E-state index contributed by atoms with van der Waals surface area (Å²) in [6, 6.07) is 31.9. The number of para-hydroxylation sites is 3. The lowest BCUT2D eigenvalue weighted by atomic mass is 9.73. The maximum Gasteiger partial charge on any atom is 0.152 e. The standard InChI is InChI=1S/C35H28N4/c1-4-5-13-22(2)23(3)37-33(36)25-15-12-18-28-32(25)24-14-6-7-16-26(24)35(28)27-17-8-10-20-30(27)39-31-21-11-9-19-29(31)38-34(35)39/h4-21,36H,1-3H3/b5-4-,22-13+,36-33?,37-23?. The molecule has 2 heterocycles. The fraction of sp³-hybridized carbons (Fsp3) is 0.114. The number of nitrogens with one attached hydrogen (secondary N) is 1. The van der Waals surface area contributed by atoms with Crippen LogP contribution in [0.2, 0.25) is 0 Å². The first kappa shape index (κ1) is 23.3. The second-order valence-electron chi connectivity index (χ2n) is 10.2. The highest BCUT2D eigenvalue weighted by Crippen LogP contribution is 2.60. The van der Waals surface area contributed by atoms with Gasteiger partial charge in [-0.15, -0.1) is 0 Å². The van der Waals surface area contributed by atoms with E-state index in [4.69, 9.17) is 15.4 Å². The lowest BCUT2D eigenvalue weighted by molar-refractivity contribution is 0.738. The van der Waals surface area contributed by atoms with Gasteiger partial charge in [-0.25, -0.2) is 9.98 Å². The molecule has 1 N–H and O–H groups in total. The predicted octanol–water partition coefficient (Wildman–Crippen LogP) is 8.01. The van der Waals surface area contributed by atoms with Gasteiger partial charge in [-0.1, -0.05) is 91.0 Å². The quantitative estimate of drug-likeness (QED) is 0.148. The number of allylic oxidation sites excluding steroid dienone is 4. The molecule has 0 saturated carbocycles. The molecule has 1 spiro atoms. The van der Waals surface area contributed by atoms with Crippen LogP contribution in [0.5, 0.6) is 0 Å². The molecule has 1 atom stereocenters. The molecule has 1 unspecified atom stereocenters. The number of rotatable bonds is 3. The molecule has 5 aromatic rings. The number of benzene rings is 4. The van der Waals surface area contributed by atoms with Crippen LogP contribution >= 0.6 is 0 Å². The van der Waals surface area contributed by atoms with E-state index in [0.29, 0.717) is 0 Å². The minimum Gasteiger partial charge on any atom is -0.295 e. The average Bonchev–Trinajstić information content (AvgIpc) is 3.59. The lowest BCUT2D eigenvalue weighted by Gasteiger charge is -2.27. The number of imidazole rings is 1. The summed E-state index contributed by atoms with van der Waals surface area (Å²) in [6.45, 7) is 6.00. The molecular formula is C35H28N4. The van der Waals surface area contributed by atoms with E-state index in [-0.39, 0.29) is 5.84 Å². The maximum absolute atomic E-state index is 9.12. The molecule has 4 heteroatoms. The molecule has 2 aliphatic rings. The highest BCUT2D eigenvalue weighted by molar-refractivity contribution is 6.13. The van der Waals surface area contributed by atoms with E-state index in [9.17, 15) is 0 Å². The number of hydrogen-bond donors (Lipinski definition) is 1. The number of nitrogens with zero attached hydrogens (tertiary/aromatic N) is 3. The Morgan fingerprint density at radius 2 is 1.56 bits per heavy atom. The van der Waals surface area contributed by atoms with Crippen molar-refractivity contribution in [3.05, 3.63) is 143 Å². The molecule has 1 aliphatic heterocycles. The summed E-state index contributed by atoms with van der Waals surface area (Å²) < 4.78 is 2.33. The normalized spacial score (nSPS) is 17.5. The molecule has 0 radical (unpaired) electrons. The SMILES string of the molecule is C/C=C\C=C(/C)C(C)=NC(=N)c1cccc2c1-c1ccccc1C21c2ccccc2-n2c1nc1ccccc12. The van der Waals surface area contributed by atoms with Crippen molar-refractivity contribution in [2.45, 2.75) is 26.2 Å². The molecule has 4 nitrogen and oxygen atoms in total. The van der Waals surface area contributed by atoms with Crippen LogP contribution in [0.25, 0.3) is 27.8 Å². The van der Waals surface area contributed by atoms with Crippen molar-refractivity contribution in [3.63, 3.8) is 0 Å². The Hall–Kier alpha value is -4.83. The number of aromatic nitrogens is 2. The summed E-state index contributed by atoms with van der Waals surface area (Å²) in [6.07, 6.45) is 6.03. The predicted molar refractivity (Wildman–Crippen MR) is 160 cm³/mol. The van der Waals surface area contributed by atoms with Crippen LogP contribution < -0.4 is 0 Å². The van der Waals surface area contributed by atoms with Crippen LogP contribution in [0.1, 0.15) is 48.8 Å². The Kier molecular flexibility index (Phi) is 5.14. The molecule has 1 aliphatic carbocycles. The average molecular weight is 505 g/mol. The van der Waals surface area contributed by atoms with Crippen LogP contribution in [0, 0.1) is 5.41 Å². The minimum atomic E-state index is -0.571. The Labute approximate surface area is 228 Å². The van der Waals surface area contributed by atoms with Gasteiger partial charge in [-0.3, -0.25) is 9.98 Å². The van der Waals surface area contributed by atoms with Gasteiger partial charge in [0.25, 0.3) is 0 Å². The van der Waals surface area contributed by atoms with Crippen LogP contribution in [-0.4, -0.2) is 21.1 Å². The van der Waals surface area contributed by atoms with E-state index in [0.717, 1.165) is 56.1 Å². The van der Waals surface area contributed by atoms with E-state index in [2.05, 4.69) is 83.4 Å². The summed E-state index contributed by atoms with van der Waals surface area (Å²) in [5, 5.41) is 9.12. The Morgan fingerprint density at radius 1 is 0.846 bits per heavy atom. The van der Waals surface area contributed by atoms with Gasteiger partial charge in [0, 0.05) is 11.3 Å². The number of fused-ring (bicyclic) bond motifs is 12. The van der Waals surface area contributed by atoms with Gasteiger partial charge in [0.05, 0.1) is 16.7 Å². The first-order chi connectivity index (χ1) is 19.1. The third kappa shape index (κ3) is 3.09. The van der Waals surface area contributed by atoms with E-state index < -0.39 is 5.41 Å². The van der Waals surface area contributed by atoms with Gasteiger partial charge >= 0.3 is 0 Å². The minimum absolute atomic E-state index is 0.268. The molecule has 188 valence electrons. The zero-order valence-corrected chi connectivity index (χ0v) is 22.2. The van der Waals surface area contributed by atoms with Crippen LogP contribution in [-0.2, 0) is 5.41 Å². The number of hydrogen-bond acceptors (Lipinski definition) is 2. The Balaban J connectivity index is 1.54. The van der Waals surface area contributed by atoms with E-state index in [1.54, 1.807) is 0 Å². The summed E-state index contributed by atoms with van der Waals surface area (Å²) in [5.41, 5.74) is 11.2. The first-order valence-corrected chi connectivity index (χ1v) is 13.3. The molecule has 1 aromatic heterocycles. The summed E-state index contributed by atoms with van der Waals surface area (Å²) >= 11 is 0. The molecule has 0 amide bonds. The van der Waals surface area contributed by atoms with Crippen molar-refractivity contribution in [2.75, 3.05) is 0 Å². The molecule has 0 bridgehead atoms. The van der Waals surface area contributed by atoms with E-state index in [1.165, 1.54) is 11.1 Å². The van der Waals surface area contributed by atoms with Crippen LogP contribution in [0.3, 0.4) is 0 Å². The summed E-state index contributed by atoms with van der Waals surface area (Å²) in [7, 11) is 0. The third-order valence-corrected chi connectivity index (χ3v) is 8.16. The fourth-order valence-corrected chi connectivity index (χ4v) is 6.36. The fourth-order valence-electron chi connectivity index (χ4n) is 6.36. The van der Waals surface area contributed by atoms with Gasteiger partial charge in [0.2, 0.25) is 0 Å². The van der Waals surface area contributed by atoms with Crippen molar-refractivity contribution < 1.29 is 0 Å². The van der Waals surface area contributed by atoms with Gasteiger partial charge in [-0.2, -0.15) is 0 Å². The smallest absolute Gasteiger partial charge is 0.152 e. The molecular weight excluding hydrogens is 476 g/mol. The summed E-state index contributed by atoms with van der Waals surface area (Å²) in [4.78, 5) is 10.0. The molecule has 0 saturated heterocycles. The molecule has 0 fully saturated rings. The molecule has 4 aromatic carbocycles. The lowest BCUT2D eigenvalue weighted by Crippen LogP contribution is -2.27. The highest BCUT2D eigenvalue weighted by atomic mass is 15.1. The van der Waals surface area contributed by atoms with E-state index >= 15 is 0 Å². The zero-order chi connectivity index (χ0) is 26.7. The van der Waals surface area contributed by atoms with Crippen molar-refractivity contribution in [3.8, 4) is 16.8 Å². The van der Waals surface area contributed by atoms with Crippen molar-refractivity contribution in [2.24, 2.45) is 4.99 Å². The third-order valence-electron chi connectivity index (χ3n) is 8.16. The van der Waals surface area contributed by atoms with Crippen molar-refractivity contribution >= 4 is 22.6 Å². The van der Waals surface area contributed by atoms with Gasteiger partial charge in [-0.05, 0) is 72.4 Å². The molecule has 39 heavy (non-hydrogen) atoms. The molecule has 7 rings (SSSR count). The number of aliphatic imine (C=N–C) groups is 1. The van der Waals surface area contributed by atoms with Gasteiger partial charge < -0.3 is 0 Å². The second kappa shape index (κ2) is 8.60.